The minimum absolute atomic E-state index is 0.0433. The predicted octanol–water partition coefficient (Wildman–Crippen LogP) is 5.32. The van der Waals surface area contributed by atoms with E-state index in [0.717, 1.165) is 35.5 Å². The lowest BCUT2D eigenvalue weighted by molar-refractivity contribution is 0.0739. The summed E-state index contributed by atoms with van der Waals surface area (Å²) in [6.07, 6.45) is 6.08. The second kappa shape index (κ2) is 8.51. The Hall–Kier alpha value is -2.75. The Labute approximate surface area is 167 Å². The first-order valence-electron chi connectivity index (χ1n) is 9.87. The molecule has 4 nitrogen and oxygen atoms in total. The molecule has 1 heterocycles. The third kappa shape index (κ3) is 4.38. The van der Waals surface area contributed by atoms with Crippen LogP contribution in [0.1, 0.15) is 55.1 Å². The largest absolute Gasteiger partial charge is 0.496 e. The summed E-state index contributed by atoms with van der Waals surface area (Å²) in [4.78, 5) is 15.0. The van der Waals surface area contributed by atoms with Crippen LogP contribution < -0.4 is 9.47 Å². The van der Waals surface area contributed by atoms with Crippen molar-refractivity contribution in [2.24, 2.45) is 0 Å². The van der Waals surface area contributed by atoms with Crippen LogP contribution in [-0.2, 0) is 6.54 Å². The first kappa shape index (κ1) is 20.0. The maximum atomic E-state index is 13.1. The van der Waals surface area contributed by atoms with Crippen molar-refractivity contribution in [3.63, 3.8) is 0 Å². The molecule has 148 valence electrons. The normalized spacial score (nSPS) is 14.1. The number of benzene rings is 2. The molecule has 3 rings (SSSR count). The van der Waals surface area contributed by atoms with Crippen LogP contribution in [0.3, 0.4) is 0 Å². The number of methoxy groups -OCH3 is 1. The molecule has 28 heavy (non-hydrogen) atoms. The van der Waals surface area contributed by atoms with Crippen molar-refractivity contribution < 1.29 is 14.3 Å². The number of unbranched alkanes of at least 4 members (excludes halogenated alkanes) is 1. The van der Waals surface area contributed by atoms with Crippen LogP contribution in [-0.4, -0.2) is 30.1 Å². The van der Waals surface area contributed by atoms with Crippen LogP contribution in [0.5, 0.6) is 11.5 Å². The molecule has 0 aromatic heterocycles. The first-order valence-corrected chi connectivity index (χ1v) is 9.87. The van der Waals surface area contributed by atoms with E-state index in [1.165, 1.54) is 0 Å². The van der Waals surface area contributed by atoms with Crippen LogP contribution in [0.4, 0.5) is 0 Å². The van der Waals surface area contributed by atoms with E-state index in [0.29, 0.717) is 18.7 Å². The van der Waals surface area contributed by atoms with Crippen molar-refractivity contribution in [1.82, 2.24) is 4.90 Å². The minimum atomic E-state index is -0.337. The standard InChI is InChI=1S/C24H29NO3/c1-5-6-16-25(23(26)18-10-8-7-9-11-18)17-19-12-13-21-20(22(19)27-4)14-15-24(2,3)28-21/h7-15H,5-6,16-17H2,1-4H3. The highest BCUT2D eigenvalue weighted by atomic mass is 16.5. The number of nitrogens with zero attached hydrogens (tertiary/aromatic N) is 1. The maximum absolute atomic E-state index is 13.1. The van der Waals surface area contributed by atoms with E-state index in [1.54, 1.807) is 7.11 Å². The highest BCUT2D eigenvalue weighted by molar-refractivity contribution is 5.94. The zero-order valence-corrected chi connectivity index (χ0v) is 17.2. The molecule has 0 saturated heterocycles. The molecule has 1 aliphatic heterocycles. The summed E-state index contributed by atoms with van der Waals surface area (Å²) in [7, 11) is 1.67. The number of rotatable bonds is 7. The van der Waals surface area contributed by atoms with E-state index in [9.17, 15) is 4.79 Å². The van der Waals surface area contributed by atoms with Crippen molar-refractivity contribution in [3.05, 3.63) is 65.2 Å². The Kier molecular flexibility index (Phi) is 6.08. The second-order valence-electron chi connectivity index (χ2n) is 7.65. The van der Waals surface area contributed by atoms with Crippen LogP contribution in [0.2, 0.25) is 0 Å². The molecule has 0 atom stereocenters. The summed E-state index contributed by atoms with van der Waals surface area (Å²) in [5, 5.41) is 0. The van der Waals surface area contributed by atoms with Crippen LogP contribution in [0, 0.1) is 0 Å². The molecule has 0 saturated carbocycles. The molecular weight excluding hydrogens is 350 g/mol. The van der Waals surface area contributed by atoms with E-state index in [1.807, 2.05) is 67.3 Å². The van der Waals surface area contributed by atoms with Crippen LogP contribution in [0.15, 0.2) is 48.5 Å². The van der Waals surface area contributed by atoms with Gasteiger partial charge in [-0.05, 0) is 56.7 Å². The Balaban J connectivity index is 1.91. The number of carbonyl (C=O) groups is 1. The van der Waals surface area contributed by atoms with Crippen molar-refractivity contribution in [2.45, 2.75) is 45.8 Å². The first-order chi connectivity index (χ1) is 13.4. The monoisotopic (exact) mass is 379 g/mol. The van der Waals surface area contributed by atoms with E-state index in [4.69, 9.17) is 9.47 Å². The zero-order chi connectivity index (χ0) is 20.1. The summed E-state index contributed by atoms with van der Waals surface area (Å²) in [6, 6.07) is 13.4. The predicted molar refractivity (Wildman–Crippen MR) is 113 cm³/mol. The number of ether oxygens (including phenoxy) is 2. The minimum Gasteiger partial charge on any atom is -0.496 e. The van der Waals surface area contributed by atoms with Gasteiger partial charge in [0.15, 0.2) is 0 Å². The van der Waals surface area contributed by atoms with Gasteiger partial charge in [-0.2, -0.15) is 0 Å². The average molecular weight is 380 g/mol. The third-order valence-electron chi connectivity index (χ3n) is 4.92. The van der Waals surface area contributed by atoms with Gasteiger partial charge in [-0.3, -0.25) is 4.79 Å². The molecule has 1 amide bonds. The van der Waals surface area contributed by atoms with Gasteiger partial charge in [0.2, 0.25) is 0 Å². The fraction of sp³-hybridized carbons (Fsp3) is 0.375. The van der Waals surface area contributed by atoms with Crippen molar-refractivity contribution in [3.8, 4) is 11.5 Å². The number of fused-ring (bicyclic) bond motifs is 1. The molecule has 0 bridgehead atoms. The van der Waals surface area contributed by atoms with Gasteiger partial charge in [-0.1, -0.05) is 31.5 Å². The topological polar surface area (TPSA) is 38.8 Å². The second-order valence-corrected chi connectivity index (χ2v) is 7.65. The van der Waals surface area contributed by atoms with Gasteiger partial charge in [0.25, 0.3) is 5.91 Å². The lowest BCUT2D eigenvalue weighted by atomic mass is 9.99. The molecule has 0 spiro atoms. The Morgan fingerprint density at radius 1 is 1.14 bits per heavy atom. The quantitative estimate of drug-likeness (QED) is 0.653. The summed E-state index contributed by atoms with van der Waals surface area (Å²) in [5.41, 5.74) is 2.28. The number of hydrogen-bond donors (Lipinski definition) is 0. The van der Waals surface area contributed by atoms with Gasteiger partial charge in [0.1, 0.15) is 17.1 Å². The molecular formula is C24H29NO3. The van der Waals surface area contributed by atoms with E-state index in [-0.39, 0.29) is 11.5 Å². The lowest BCUT2D eigenvalue weighted by Gasteiger charge is -2.30. The van der Waals surface area contributed by atoms with Gasteiger partial charge in [-0.25, -0.2) is 0 Å². The van der Waals surface area contributed by atoms with Gasteiger partial charge < -0.3 is 14.4 Å². The molecule has 0 fully saturated rings. The SMILES string of the molecule is CCCCN(Cc1ccc2c(c1OC)C=CC(C)(C)O2)C(=O)c1ccccc1. The van der Waals surface area contributed by atoms with Crippen molar-refractivity contribution in [2.75, 3.05) is 13.7 Å². The van der Waals surface area contributed by atoms with Crippen molar-refractivity contribution in [1.29, 1.82) is 0 Å². The Morgan fingerprint density at radius 3 is 2.57 bits per heavy atom. The Morgan fingerprint density at radius 2 is 1.89 bits per heavy atom. The molecule has 1 aliphatic rings. The lowest BCUT2D eigenvalue weighted by Crippen LogP contribution is -2.32. The van der Waals surface area contributed by atoms with Crippen LogP contribution >= 0.6 is 0 Å². The molecule has 0 unspecified atom stereocenters. The third-order valence-corrected chi connectivity index (χ3v) is 4.92. The molecule has 0 N–H and O–H groups in total. The number of amides is 1. The molecule has 2 aromatic rings. The number of hydrogen-bond acceptors (Lipinski definition) is 3. The fourth-order valence-electron chi connectivity index (χ4n) is 3.41. The highest BCUT2D eigenvalue weighted by Crippen LogP contribution is 2.39. The van der Waals surface area contributed by atoms with E-state index < -0.39 is 0 Å². The summed E-state index contributed by atoms with van der Waals surface area (Å²) < 4.78 is 11.8. The fourth-order valence-corrected chi connectivity index (χ4v) is 3.41. The van der Waals surface area contributed by atoms with E-state index >= 15 is 0 Å². The summed E-state index contributed by atoms with van der Waals surface area (Å²) >= 11 is 0. The zero-order valence-electron chi connectivity index (χ0n) is 17.2. The molecule has 0 radical (unpaired) electrons. The number of carbonyl (C=O) groups excluding carboxylic acids is 1. The smallest absolute Gasteiger partial charge is 0.254 e. The molecule has 0 aliphatic carbocycles. The molecule has 4 heteroatoms. The van der Waals surface area contributed by atoms with Gasteiger partial charge in [0, 0.05) is 24.2 Å². The summed E-state index contributed by atoms with van der Waals surface area (Å²) in [6.45, 7) is 7.40. The maximum Gasteiger partial charge on any atom is 0.254 e. The Bertz CT molecular complexity index is 856. The van der Waals surface area contributed by atoms with E-state index in [2.05, 4.69) is 13.0 Å². The van der Waals surface area contributed by atoms with Gasteiger partial charge >= 0.3 is 0 Å². The molecule has 2 aromatic carbocycles. The van der Waals surface area contributed by atoms with Crippen molar-refractivity contribution >= 4 is 12.0 Å². The van der Waals surface area contributed by atoms with Gasteiger partial charge in [0.05, 0.1) is 12.7 Å². The highest BCUT2D eigenvalue weighted by Gasteiger charge is 2.26. The van der Waals surface area contributed by atoms with Crippen LogP contribution in [0.25, 0.3) is 6.08 Å². The summed E-state index contributed by atoms with van der Waals surface area (Å²) in [5.74, 6) is 1.62. The van der Waals surface area contributed by atoms with Gasteiger partial charge in [-0.15, -0.1) is 0 Å². The average Bonchev–Trinajstić information content (AvgIpc) is 2.70.